The van der Waals surface area contributed by atoms with Crippen molar-refractivity contribution in [3.05, 3.63) is 52.8 Å². The average Bonchev–Trinajstić information content (AvgIpc) is 2.97. The molecule has 0 bridgehead atoms. The summed E-state index contributed by atoms with van der Waals surface area (Å²) in [7, 11) is -1.42. The van der Waals surface area contributed by atoms with Crippen molar-refractivity contribution < 1.29 is 13.2 Å². The minimum Gasteiger partial charge on any atom is -0.354 e. The topological polar surface area (TPSA) is 79.4 Å². The molecule has 1 aromatic carbocycles. The molecular weight excluding hydrogens is 374 g/mol. The summed E-state index contributed by atoms with van der Waals surface area (Å²) in [6.45, 7) is 1.93. The Hall–Kier alpha value is -2.12. The Kier molecular flexibility index (Phi) is 5.20. The number of nitrogens with zero attached hydrogens (tertiary/aromatic N) is 2. The summed E-state index contributed by atoms with van der Waals surface area (Å²) in [5.74, 6) is -0.134. The van der Waals surface area contributed by atoms with Crippen molar-refractivity contribution in [2.45, 2.75) is 19.4 Å². The van der Waals surface area contributed by atoms with Crippen LogP contribution in [0.15, 0.2) is 36.5 Å². The number of pyridine rings is 1. The van der Waals surface area contributed by atoms with Crippen LogP contribution in [0.5, 0.6) is 0 Å². The van der Waals surface area contributed by atoms with Crippen LogP contribution in [0.4, 0.5) is 11.4 Å². The van der Waals surface area contributed by atoms with Gasteiger partial charge in [-0.2, -0.15) is 0 Å². The largest absolute Gasteiger partial charge is 0.354 e. The van der Waals surface area contributed by atoms with Crippen LogP contribution >= 0.6 is 11.6 Å². The van der Waals surface area contributed by atoms with E-state index in [0.717, 1.165) is 16.9 Å². The van der Waals surface area contributed by atoms with Crippen molar-refractivity contribution in [3.63, 3.8) is 0 Å². The van der Waals surface area contributed by atoms with Crippen molar-refractivity contribution in [1.82, 2.24) is 9.88 Å². The van der Waals surface area contributed by atoms with Gasteiger partial charge in [0.15, 0.2) is 9.84 Å². The Balaban J connectivity index is 1.68. The first-order valence-electron chi connectivity index (χ1n) is 8.22. The lowest BCUT2D eigenvalue weighted by atomic mass is 10.2. The van der Waals surface area contributed by atoms with Gasteiger partial charge in [-0.15, -0.1) is 0 Å². The zero-order valence-corrected chi connectivity index (χ0v) is 16.1. The lowest BCUT2D eigenvalue weighted by Gasteiger charge is -2.23. The summed E-state index contributed by atoms with van der Waals surface area (Å²) in [6.07, 6.45) is 2.04. The van der Waals surface area contributed by atoms with Crippen molar-refractivity contribution in [2.24, 2.45) is 0 Å². The summed E-state index contributed by atoms with van der Waals surface area (Å²) < 4.78 is 23.2. The van der Waals surface area contributed by atoms with Gasteiger partial charge >= 0.3 is 0 Å². The number of amides is 1. The highest BCUT2D eigenvalue weighted by atomic mass is 35.5. The van der Waals surface area contributed by atoms with Gasteiger partial charge in [-0.25, -0.2) is 13.4 Å². The van der Waals surface area contributed by atoms with Crippen LogP contribution in [0.1, 0.15) is 22.5 Å². The molecule has 138 valence electrons. The molecule has 1 amide bonds. The number of rotatable bonds is 4. The van der Waals surface area contributed by atoms with E-state index >= 15 is 0 Å². The van der Waals surface area contributed by atoms with E-state index in [2.05, 4.69) is 10.3 Å². The highest BCUT2D eigenvalue weighted by Gasteiger charge is 2.33. The number of benzene rings is 1. The molecule has 8 heteroatoms. The molecule has 1 atom stereocenters. The molecule has 1 aromatic heterocycles. The second kappa shape index (κ2) is 7.25. The van der Waals surface area contributed by atoms with Gasteiger partial charge in [-0.3, -0.25) is 4.79 Å². The molecule has 1 fully saturated rings. The molecule has 6 nitrogen and oxygen atoms in total. The van der Waals surface area contributed by atoms with Crippen LogP contribution in [0.25, 0.3) is 0 Å². The molecule has 3 rings (SSSR count). The number of carbonyl (C=O) groups excluding carboxylic acids is 1. The molecule has 0 aliphatic carbocycles. The van der Waals surface area contributed by atoms with Crippen LogP contribution in [-0.4, -0.2) is 48.8 Å². The second-order valence-electron chi connectivity index (χ2n) is 6.49. The Labute approximate surface area is 158 Å². The van der Waals surface area contributed by atoms with Crippen LogP contribution < -0.4 is 5.32 Å². The molecule has 26 heavy (non-hydrogen) atoms. The number of aryl methyl sites for hydroxylation is 1. The fraction of sp³-hybridized carbons (Fsp3) is 0.333. The molecule has 1 aliphatic rings. The number of nitrogens with one attached hydrogen (secondary N) is 1. The zero-order valence-electron chi connectivity index (χ0n) is 14.6. The number of anilines is 2. The predicted octanol–water partition coefficient (Wildman–Crippen LogP) is 3.05. The van der Waals surface area contributed by atoms with E-state index in [1.807, 2.05) is 25.1 Å². The molecule has 0 radical (unpaired) electrons. The Morgan fingerprint density at radius 2 is 2.00 bits per heavy atom. The molecule has 2 heterocycles. The minimum absolute atomic E-state index is 0.0169. The third-order valence-corrected chi connectivity index (χ3v) is 6.68. The molecule has 1 N–H and O–H groups in total. The van der Waals surface area contributed by atoms with E-state index in [0.29, 0.717) is 11.4 Å². The maximum absolute atomic E-state index is 12.5. The lowest BCUT2D eigenvalue weighted by Crippen LogP contribution is -2.38. The quantitative estimate of drug-likeness (QED) is 0.863. The van der Waals surface area contributed by atoms with Gasteiger partial charge in [-0.05, 0) is 43.2 Å². The fourth-order valence-electron chi connectivity index (χ4n) is 2.86. The highest BCUT2D eigenvalue weighted by molar-refractivity contribution is 7.91. The molecule has 1 unspecified atom stereocenters. The number of hydrogen-bond donors (Lipinski definition) is 1. The number of carbonyl (C=O) groups is 1. The lowest BCUT2D eigenvalue weighted by molar-refractivity contribution is 0.0742. The van der Waals surface area contributed by atoms with Gasteiger partial charge in [-0.1, -0.05) is 17.7 Å². The molecule has 1 saturated heterocycles. The van der Waals surface area contributed by atoms with Crippen molar-refractivity contribution in [2.75, 3.05) is 23.9 Å². The Morgan fingerprint density at radius 3 is 2.58 bits per heavy atom. The van der Waals surface area contributed by atoms with Gasteiger partial charge in [0.1, 0.15) is 5.69 Å². The van der Waals surface area contributed by atoms with Gasteiger partial charge < -0.3 is 10.2 Å². The average molecular weight is 394 g/mol. The predicted molar refractivity (Wildman–Crippen MR) is 103 cm³/mol. The van der Waals surface area contributed by atoms with Crippen LogP contribution in [0, 0.1) is 6.92 Å². The van der Waals surface area contributed by atoms with Gasteiger partial charge in [0.25, 0.3) is 5.91 Å². The fourth-order valence-corrected chi connectivity index (χ4v) is 4.81. The van der Waals surface area contributed by atoms with Crippen molar-refractivity contribution >= 4 is 38.7 Å². The standard InChI is InChI=1S/C18H20ClN3O3S/c1-12-3-4-13(9-16(12)19)21-14-5-6-17(20-10-14)18(23)22(2)15-7-8-26(24,25)11-15/h3-6,9-10,15,21H,7-8,11H2,1-2H3. The van der Waals surface area contributed by atoms with Crippen LogP contribution in [-0.2, 0) is 9.84 Å². The Bertz CT molecular complexity index is 929. The highest BCUT2D eigenvalue weighted by Crippen LogP contribution is 2.23. The van der Waals surface area contributed by atoms with E-state index < -0.39 is 9.84 Å². The van der Waals surface area contributed by atoms with Gasteiger partial charge in [0, 0.05) is 23.8 Å². The first-order chi connectivity index (χ1) is 12.2. The first kappa shape index (κ1) is 18.7. The summed E-state index contributed by atoms with van der Waals surface area (Å²) in [5, 5.41) is 3.85. The van der Waals surface area contributed by atoms with E-state index in [-0.39, 0.29) is 29.1 Å². The molecule has 0 saturated carbocycles. The van der Waals surface area contributed by atoms with Crippen molar-refractivity contribution in [3.8, 4) is 0 Å². The number of halogens is 1. The molecule has 0 spiro atoms. The maximum Gasteiger partial charge on any atom is 0.272 e. The third-order valence-electron chi connectivity index (χ3n) is 4.52. The molecule has 1 aliphatic heterocycles. The number of aromatic nitrogens is 1. The second-order valence-corrected chi connectivity index (χ2v) is 9.13. The van der Waals surface area contributed by atoms with Crippen molar-refractivity contribution in [1.29, 1.82) is 0 Å². The third kappa shape index (κ3) is 4.16. The van der Waals surface area contributed by atoms with Crippen LogP contribution in [0.2, 0.25) is 5.02 Å². The Morgan fingerprint density at radius 1 is 1.27 bits per heavy atom. The smallest absolute Gasteiger partial charge is 0.272 e. The first-order valence-corrected chi connectivity index (χ1v) is 10.4. The molecule has 2 aromatic rings. The summed E-state index contributed by atoms with van der Waals surface area (Å²) in [6, 6.07) is 8.74. The monoisotopic (exact) mass is 393 g/mol. The summed E-state index contributed by atoms with van der Waals surface area (Å²) in [5.41, 5.74) is 2.83. The van der Waals surface area contributed by atoms with Crippen LogP contribution in [0.3, 0.4) is 0 Å². The van der Waals surface area contributed by atoms with Gasteiger partial charge in [0.05, 0.1) is 23.4 Å². The maximum atomic E-state index is 12.5. The summed E-state index contributed by atoms with van der Waals surface area (Å²) in [4.78, 5) is 18.2. The number of hydrogen-bond acceptors (Lipinski definition) is 5. The zero-order chi connectivity index (χ0) is 18.9. The SMILES string of the molecule is Cc1ccc(Nc2ccc(C(=O)N(C)C3CCS(=O)(=O)C3)nc2)cc1Cl. The van der Waals surface area contributed by atoms with E-state index in [9.17, 15) is 13.2 Å². The van der Waals surface area contributed by atoms with E-state index in [4.69, 9.17) is 11.6 Å². The number of sulfone groups is 1. The van der Waals surface area contributed by atoms with E-state index in [1.165, 1.54) is 4.90 Å². The minimum atomic E-state index is -3.04. The summed E-state index contributed by atoms with van der Waals surface area (Å²) >= 11 is 6.12. The van der Waals surface area contributed by atoms with Gasteiger partial charge in [0.2, 0.25) is 0 Å². The van der Waals surface area contributed by atoms with E-state index in [1.54, 1.807) is 25.4 Å². The normalized spacial score (nSPS) is 18.5. The molecular formula is C18H20ClN3O3S.